The summed E-state index contributed by atoms with van der Waals surface area (Å²) < 4.78 is 10.6. The number of nitrogens with zero attached hydrogens (tertiary/aromatic N) is 3. The van der Waals surface area contributed by atoms with Crippen molar-refractivity contribution >= 4 is 34.0 Å². The molecule has 0 saturated carbocycles. The molecule has 0 saturated heterocycles. The molecule has 0 aliphatic carbocycles. The number of hydrogen-bond acceptors (Lipinski definition) is 5. The van der Waals surface area contributed by atoms with Crippen molar-refractivity contribution in [3.8, 4) is 28.6 Å². The number of pyridine rings is 1. The Hall–Kier alpha value is -2.63. The zero-order valence-corrected chi connectivity index (χ0v) is 14.5. The summed E-state index contributed by atoms with van der Waals surface area (Å²) in [5.74, 6) is 1.63. The molecule has 4 aromatic rings. The summed E-state index contributed by atoms with van der Waals surface area (Å²) in [6, 6.07) is 15.0. The van der Waals surface area contributed by atoms with Crippen molar-refractivity contribution in [2.24, 2.45) is 0 Å². The Morgan fingerprint density at radius 2 is 1.56 bits per heavy atom. The first kappa shape index (κ1) is 15.9. The van der Waals surface area contributed by atoms with E-state index in [1.807, 2.05) is 36.4 Å². The lowest BCUT2D eigenvalue weighted by molar-refractivity contribution is 0.415. The van der Waals surface area contributed by atoms with Crippen LogP contribution in [0.2, 0.25) is 10.3 Å². The highest BCUT2D eigenvalue weighted by molar-refractivity contribution is 6.32. The summed E-state index contributed by atoms with van der Waals surface area (Å²) >= 11 is 11.8. The van der Waals surface area contributed by atoms with E-state index in [0.29, 0.717) is 17.3 Å². The molecular formula is C18H11Cl2N3O2. The van der Waals surface area contributed by atoms with Gasteiger partial charge >= 0.3 is 0 Å². The quantitative estimate of drug-likeness (QED) is 0.459. The summed E-state index contributed by atoms with van der Waals surface area (Å²) in [6.07, 6.45) is 0. The Balaban J connectivity index is 1.73. The van der Waals surface area contributed by atoms with Crippen LogP contribution in [0.25, 0.3) is 33.6 Å². The van der Waals surface area contributed by atoms with Crippen LogP contribution in [0.15, 0.2) is 53.1 Å². The van der Waals surface area contributed by atoms with Gasteiger partial charge in [-0.05, 0) is 41.1 Å². The fourth-order valence-corrected chi connectivity index (χ4v) is 3.00. The zero-order chi connectivity index (χ0) is 17.4. The van der Waals surface area contributed by atoms with Crippen LogP contribution in [0.1, 0.15) is 0 Å². The van der Waals surface area contributed by atoms with Gasteiger partial charge in [0.05, 0.1) is 7.11 Å². The zero-order valence-electron chi connectivity index (χ0n) is 13.0. The number of fused-ring (bicyclic) bond motifs is 1. The summed E-state index contributed by atoms with van der Waals surface area (Å²) in [7, 11) is 1.65. The molecule has 124 valence electrons. The summed E-state index contributed by atoms with van der Waals surface area (Å²) in [6.45, 7) is 0. The largest absolute Gasteiger partial charge is 0.497 e. The van der Waals surface area contributed by atoms with Gasteiger partial charge in [0.1, 0.15) is 16.1 Å². The lowest BCUT2D eigenvalue weighted by Gasteiger charge is -2.03. The molecule has 0 spiro atoms. The molecule has 2 aromatic heterocycles. The highest BCUT2D eigenvalue weighted by atomic mass is 35.5. The van der Waals surface area contributed by atoms with Crippen molar-refractivity contribution in [1.82, 2.24) is 15.1 Å². The first-order chi connectivity index (χ1) is 12.1. The van der Waals surface area contributed by atoms with E-state index >= 15 is 0 Å². The molecule has 4 rings (SSSR count). The second-order valence-electron chi connectivity index (χ2n) is 5.35. The van der Waals surface area contributed by atoms with E-state index in [0.717, 1.165) is 22.1 Å². The predicted molar refractivity (Wildman–Crippen MR) is 97.0 cm³/mol. The van der Waals surface area contributed by atoms with Crippen LogP contribution in [0, 0.1) is 0 Å². The fourth-order valence-electron chi connectivity index (χ4n) is 2.54. The highest BCUT2D eigenvalue weighted by Crippen LogP contribution is 2.28. The number of halogens is 2. The highest BCUT2D eigenvalue weighted by Gasteiger charge is 2.13. The van der Waals surface area contributed by atoms with Gasteiger partial charge in [-0.2, -0.15) is 4.98 Å². The van der Waals surface area contributed by atoms with Gasteiger partial charge in [-0.1, -0.05) is 46.6 Å². The molecule has 0 N–H and O–H groups in total. The minimum absolute atomic E-state index is 0.266. The first-order valence-corrected chi connectivity index (χ1v) is 8.13. The van der Waals surface area contributed by atoms with Crippen LogP contribution in [0.4, 0.5) is 0 Å². The minimum atomic E-state index is 0.266. The Bertz CT molecular complexity index is 1060. The smallest absolute Gasteiger partial charge is 0.258 e. The number of ether oxygens (including phenoxy) is 1. The molecule has 7 heteroatoms. The maximum atomic E-state index is 5.92. The Morgan fingerprint density at radius 3 is 2.32 bits per heavy atom. The van der Waals surface area contributed by atoms with Gasteiger partial charge < -0.3 is 9.26 Å². The van der Waals surface area contributed by atoms with E-state index < -0.39 is 0 Å². The number of benzene rings is 2. The molecule has 0 atom stereocenters. The Labute approximate surface area is 153 Å². The van der Waals surface area contributed by atoms with Gasteiger partial charge in [-0.15, -0.1) is 0 Å². The van der Waals surface area contributed by atoms with E-state index in [1.165, 1.54) is 0 Å². The van der Waals surface area contributed by atoms with Crippen molar-refractivity contribution in [1.29, 1.82) is 0 Å². The average Bonchev–Trinajstić information content (AvgIpc) is 3.10. The van der Waals surface area contributed by atoms with Gasteiger partial charge in [-0.3, -0.25) is 0 Å². The molecular weight excluding hydrogens is 361 g/mol. The van der Waals surface area contributed by atoms with Crippen molar-refractivity contribution in [3.05, 3.63) is 58.8 Å². The van der Waals surface area contributed by atoms with Crippen LogP contribution in [0.3, 0.4) is 0 Å². The third kappa shape index (κ3) is 3.16. The maximum Gasteiger partial charge on any atom is 0.258 e. The van der Waals surface area contributed by atoms with Crippen LogP contribution < -0.4 is 4.74 Å². The van der Waals surface area contributed by atoms with Gasteiger partial charge in [-0.25, -0.2) is 4.98 Å². The third-order valence-electron chi connectivity index (χ3n) is 3.74. The van der Waals surface area contributed by atoms with Crippen molar-refractivity contribution in [2.45, 2.75) is 0 Å². The normalized spacial score (nSPS) is 11.0. The first-order valence-electron chi connectivity index (χ1n) is 7.38. The molecule has 0 bridgehead atoms. The van der Waals surface area contributed by atoms with E-state index in [9.17, 15) is 0 Å². The number of hydrogen-bond donors (Lipinski definition) is 0. The SMILES string of the molecule is COc1ccc2cc(-c3noc(-c4cc(Cl)nc(Cl)c4)n3)ccc2c1. The number of rotatable bonds is 3. The summed E-state index contributed by atoms with van der Waals surface area (Å²) in [5.41, 5.74) is 1.47. The van der Waals surface area contributed by atoms with Crippen LogP contribution in [0.5, 0.6) is 5.75 Å². The van der Waals surface area contributed by atoms with E-state index in [2.05, 4.69) is 15.1 Å². The number of aromatic nitrogens is 3. The summed E-state index contributed by atoms with van der Waals surface area (Å²) in [4.78, 5) is 8.33. The molecule has 0 aliphatic heterocycles. The Morgan fingerprint density at radius 1 is 0.840 bits per heavy atom. The van der Waals surface area contributed by atoms with Crippen molar-refractivity contribution in [3.63, 3.8) is 0 Å². The topological polar surface area (TPSA) is 61.0 Å². The maximum absolute atomic E-state index is 5.92. The average molecular weight is 372 g/mol. The van der Waals surface area contributed by atoms with Gasteiger partial charge in [0.25, 0.3) is 5.89 Å². The lowest BCUT2D eigenvalue weighted by atomic mass is 10.1. The van der Waals surface area contributed by atoms with E-state index in [4.69, 9.17) is 32.5 Å². The molecule has 2 heterocycles. The Kier molecular flexibility index (Phi) is 4.03. The molecule has 0 fully saturated rings. The molecule has 0 unspecified atom stereocenters. The molecule has 5 nitrogen and oxygen atoms in total. The molecule has 0 amide bonds. The van der Waals surface area contributed by atoms with Crippen LogP contribution in [-0.4, -0.2) is 22.2 Å². The monoisotopic (exact) mass is 371 g/mol. The second kappa shape index (κ2) is 6.35. The molecule has 25 heavy (non-hydrogen) atoms. The predicted octanol–water partition coefficient (Wildman–Crippen LogP) is 5.27. The van der Waals surface area contributed by atoms with E-state index in [-0.39, 0.29) is 10.3 Å². The van der Waals surface area contributed by atoms with Crippen LogP contribution in [-0.2, 0) is 0 Å². The standard InChI is InChI=1S/C18H11Cl2N3O2/c1-24-14-5-4-10-6-12(3-2-11(10)7-14)17-22-18(25-23-17)13-8-15(19)21-16(20)9-13/h2-9H,1H3. The third-order valence-corrected chi connectivity index (χ3v) is 4.13. The summed E-state index contributed by atoms with van der Waals surface area (Å²) in [5, 5.41) is 6.70. The van der Waals surface area contributed by atoms with Gasteiger partial charge in [0, 0.05) is 11.1 Å². The lowest BCUT2D eigenvalue weighted by Crippen LogP contribution is -1.85. The van der Waals surface area contributed by atoms with E-state index in [1.54, 1.807) is 19.2 Å². The minimum Gasteiger partial charge on any atom is -0.497 e. The van der Waals surface area contributed by atoms with Gasteiger partial charge in [0.2, 0.25) is 5.82 Å². The van der Waals surface area contributed by atoms with Crippen molar-refractivity contribution in [2.75, 3.05) is 7.11 Å². The molecule has 2 aromatic carbocycles. The second-order valence-corrected chi connectivity index (χ2v) is 6.13. The number of methoxy groups -OCH3 is 1. The van der Waals surface area contributed by atoms with Crippen LogP contribution >= 0.6 is 23.2 Å². The fraction of sp³-hybridized carbons (Fsp3) is 0.0556. The molecule has 0 radical (unpaired) electrons. The van der Waals surface area contributed by atoms with Gasteiger partial charge in [0.15, 0.2) is 0 Å². The molecule has 0 aliphatic rings. The van der Waals surface area contributed by atoms with Crippen molar-refractivity contribution < 1.29 is 9.26 Å².